The highest BCUT2D eigenvalue weighted by atomic mass is 16.2. The molecular formula is C18H25N5O. The Morgan fingerprint density at radius 2 is 1.96 bits per heavy atom. The molecule has 3 rings (SSSR count). The zero-order chi connectivity index (χ0) is 17.5. The van der Waals surface area contributed by atoms with Gasteiger partial charge in [-0.15, -0.1) is 0 Å². The molecule has 0 aliphatic heterocycles. The molecule has 1 aromatic carbocycles. The van der Waals surface area contributed by atoms with Crippen LogP contribution in [-0.4, -0.2) is 21.9 Å². The zero-order valence-corrected chi connectivity index (χ0v) is 14.7. The summed E-state index contributed by atoms with van der Waals surface area (Å²) >= 11 is 0. The van der Waals surface area contributed by atoms with Crippen LogP contribution in [0.15, 0.2) is 24.3 Å². The Kier molecular flexibility index (Phi) is 3.99. The third kappa shape index (κ3) is 3.22. The van der Waals surface area contributed by atoms with Crippen molar-refractivity contribution in [1.82, 2.24) is 15.1 Å². The molecule has 0 atom stereocenters. The lowest BCUT2D eigenvalue weighted by Crippen LogP contribution is -2.31. The molecule has 6 heteroatoms. The van der Waals surface area contributed by atoms with Crippen molar-refractivity contribution in [2.24, 2.45) is 0 Å². The highest BCUT2D eigenvalue weighted by molar-refractivity contribution is 5.93. The predicted molar refractivity (Wildman–Crippen MR) is 96.6 cm³/mol. The van der Waals surface area contributed by atoms with Gasteiger partial charge in [-0.2, -0.15) is 5.10 Å². The van der Waals surface area contributed by atoms with Gasteiger partial charge in [0, 0.05) is 11.5 Å². The molecule has 0 spiro atoms. The maximum absolute atomic E-state index is 12.2. The van der Waals surface area contributed by atoms with E-state index in [1.54, 1.807) is 4.68 Å². The minimum atomic E-state index is -0.246. The molecule has 1 fully saturated rings. The molecule has 1 aromatic heterocycles. The van der Waals surface area contributed by atoms with Crippen molar-refractivity contribution in [1.29, 1.82) is 0 Å². The number of urea groups is 1. The maximum Gasteiger partial charge on any atom is 0.319 e. The summed E-state index contributed by atoms with van der Waals surface area (Å²) in [7, 11) is 0. The van der Waals surface area contributed by atoms with Crippen LogP contribution in [0.3, 0.4) is 0 Å². The molecule has 0 saturated heterocycles. The molecule has 1 saturated carbocycles. The number of carbonyl (C=O) groups excluding carboxylic acids is 1. The molecule has 1 heterocycles. The van der Waals surface area contributed by atoms with Gasteiger partial charge < -0.3 is 16.4 Å². The second kappa shape index (κ2) is 5.85. The molecule has 4 N–H and O–H groups in total. The standard InChI is InChI=1S/C18H25N5O/c1-11-7-5-6-8-13(11)23-16(19)14(15(22-23)18(2,3)4)21-17(24)20-12-9-10-12/h5-8,12H,9-10,19H2,1-4H3,(H2,20,21,24). The summed E-state index contributed by atoms with van der Waals surface area (Å²) < 4.78 is 1.71. The fourth-order valence-corrected chi connectivity index (χ4v) is 2.63. The van der Waals surface area contributed by atoms with Crippen LogP contribution in [0.5, 0.6) is 0 Å². The van der Waals surface area contributed by atoms with E-state index >= 15 is 0 Å². The fourth-order valence-electron chi connectivity index (χ4n) is 2.63. The van der Waals surface area contributed by atoms with Gasteiger partial charge in [0.25, 0.3) is 0 Å². The Morgan fingerprint density at radius 3 is 2.54 bits per heavy atom. The number of para-hydroxylation sites is 1. The Bertz CT molecular complexity index is 768. The number of nitrogens with two attached hydrogens (primary N) is 1. The Morgan fingerprint density at radius 1 is 1.29 bits per heavy atom. The summed E-state index contributed by atoms with van der Waals surface area (Å²) in [6.07, 6.45) is 2.08. The number of rotatable bonds is 3. The fraction of sp³-hybridized carbons (Fsp3) is 0.444. The van der Waals surface area contributed by atoms with Gasteiger partial charge in [-0.3, -0.25) is 0 Å². The SMILES string of the molecule is Cc1ccccc1-n1nc(C(C)(C)C)c(NC(=O)NC2CC2)c1N. The van der Waals surface area contributed by atoms with Gasteiger partial charge in [0.05, 0.1) is 11.4 Å². The number of aromatic nitrogens is 2. The van der Waals surface area contributed by atoms with Gasteiger partial charge in [0.2, 0.25) is 0 Å². The molecule has 2 aromatic rings. The first-order valence-electron chi connectivity index (χ1n) is 8.30. The van der Waals surface area contributed by atoms with E-state index in [1.807, 2.05) is 31.2 Å². The van der Waals surface area contributed by atoms with Crippen LogP contribution in [0.4, 0.5) is 16.3 Å². The normalized spacial score (nSPS) is 14.5. The van der Waals surface area contributed by atoms with E-state index in [-0.39, 0.29) is 17.5 Å². The average Bonchev–Trinajstić information content (AvgIpc) is 3.24. The van der Waals surface area contributed by atoms with Gasteiger partial charge >= 0.3 is 6.03 Å². The van der Waals surface area contributed by atoms with Gasteiger partial charge in [-0.05, 0) is 31.4 Å². The Labute approximate surface area is 142 Å². The van der Waals surface area contributed by atoms with E-state index in [0.29, 0.717) is 11.5 Å². The van der Waals surface area contributed by atoms with Crippen molar-refractivity contribution in [3.05, 3.63) is 35.5 Å². The lowest BCUT2D eigenvalue weighted by atomic mass is 9.91. The number of aryl methyl sites for hydroxylation is 1. The minimum absolute atomic E-state index is 0.223. The molecule has 0 radical (unpaired) electrons. The van der Waals surface area contributed by atoms with Crippen LogP contribution < -0.4 is 16.4 Å². The first-order chi connectivity index (χ1) is 11.3. The Hall–Kier alpha value is -2.50. The number of carbonyl (C=O) groups is 1. The number of hydrogen-bond donors (Lipinski definition) is 3. The second-order valence-electron chi connectivity index (χ2n) is 7.43. The number of anilines is 2. The van der Waals surface area contributed by atoms with E-state index in [9.17, 15) is 4.79 Å². The van der Waals surface area contributed by atoms with Crippen molar-refractivity contribution in [2.45, 2.75) is 52.0 Å². The molecular weight excluding hydrogens is 302 g/mol. The largest absolute Gasteiger partial charge is 0.382 e. The number of nitrogens with zero attached hydrogens (tertiary/aromatic N) is 2. The van der Waals surface area contributed by atoms with Crippen LogP contribution in [0.1, 0.15) is 44.9 Å². The topological polar surface area (TPSA) is 85.0 Å². The van der Waals surface area contributed by atoms with E-state index in [2.05, 4.69) is 31.4 Å². The number of benzene rings is 1. The molecule has 0 unspecified atom stereocenters. The predicted octanol–water partition coefficient (Wildman–Crippen LogP) is 3.34. The second-order valence-corrected chi connectivity index (χ2v) is 7.43. The van der Waals surface area contributed by atoms with Gasteiger partial charge in [0.15, 0.2) is 5.82 Å². The third-order valence-electron chi connectivity index (χ3n) is 4.13. The summed E-state index contributed by atoms with van der Waals surface area (Å²) in [5.41, 5.74) is 9.45. The third-order valence-corrected chi connectivity index (χ3v) is 4.13. The first-order valence-corrected chi connectivity index (χ1v) is 8.30. The summed E-state index contributed by atoms with van der Waals surface area (Å²) in [6.45, 7) is 8.18. The molecule has 24 heavy (non-hydrogen) atoms. The highest BCUT2D eigenvalue weighted by Gasteiger charge is 2.29. The summed E-state index contributed by atoms with van der Waals surface area (Å²) in [4.78, 5) is 12.2. The summed E-state index contributed by atoms with van der Waals surface area (Å²) in [5, 5.41) is 10.5. The van der Waals surface area contributed by atoms with Crippen LogP contribution in [0, 0.1) is 6.92 Å². The van der Waals surface area contributed by atoms with Gasteiger partial charge in [-0.25, -0.2) is 9.48 Å². The highest BCUT2D eigenvalue weighted by Crippen LogP contribution is 2.35. The van der Waals surface area contributed by atoms with Crippen LogP contribution in [-0.2, 0) is 5.41 Å². The number of amides is 2. The molecule has 6 nitrogen and oxygen atoms in total. The minimum Gasteiger partial charge on any atom is -0.382 e. The van der Waals surface area contributed by atoms with E-state index in [1.165, 1.54) is 0 Å². The van der Waals surface area contributed by atoms with E-state index < -0.39 is 0 Å². The van der Waals surface area contributed by atoms with E-state index in [0.717, 1.165) is 29.8 Å². The van der Waals surface area contributed by atoms with Crippen LogP contribution in [0.2, 0.25) is 0 Å². The van der Waals surface area contributed by atoms with Crippen molar-refractivity contribution < 1.29 is 4.79 Å². The number of nitrogens with one attached hydrogen (secondary N) is 2. The summed E-state index contributed by atoms with van der Waals surface area (Å²) in [5.74, 6) is 0.445. The van der Waals surface area contributed by atoms with Crippen molar-refractivity contribution in [3.8, 4) is 5.69 Å². The van der Waals surface area contributed by atoms with Crippen molar-refractivity contribution >= 4 is 17.5 Å². The smallest absolute Gasteiger partial charge is 0.319 e. The molecule has 128 valence electrons. The number of hydrogen-bond acceptors (Lipinski definition) is 3. The average molecular weight is 327 g/mol. The summed E-state index contributed by atoms with van der Waals surface area (Å²) in [6, 6.07) is 7.98. The lowest BCUT2D eigenvalue weighted by Gasteiger charge is -2.17. The zero-order valence-electron chi connectivity index (χ0n) is 14.7. The van der Waals surface area contributed by atoms with Gasteiger partial charge in [0.1, 0.15) is 5.69 Å². The molecule has 2 amide bonds. The lowest BCUT2D eigenvalue weighted by molar-refractivity contribution is 0.251. The van der Waals surface area contributed by atoms with Crippen LogP contribution >= 0.6 is 0 Å². The van der Waals surface area contributed by atoms with Gasteiger partial charge in [-0.1, -0.05) is 39.0 Å². The maximum atomic E-state index is 12.2. The molecule has 1 aliphatic rings. The monoisotopic (exact) mass is 327 g/mol. The number of nitrogen functional groups attached to an aromatic ring is 1. The van der Waals surface area contributed by atoms with Crippen LogP contribution in [0.25, 0.3) is 5.69 Å². The van der Waals surface area contributed by atoms with Crippen molar-refractivity contribution in [2.75, 3.05) is 11.1 Å². The molecule has 1 aliphatic carbocycles. The Balaban J connectivity index is 2.02. The van der Waals surface area contributed by atoms with Crippen molar-refractivity contribution in [3.63, 3.8) is 0 Å². The molecule has 0 bridgehead atoms. The first kappa shape index (κ1) is 16.4. The van der Waals surface area contributed by atoms with E-state index in [4.69, 9.17) is 10.8 Å². The quantitative estimate of drug-likeness (QED) is 0.808.